The van der Waals surface area contributed by atoms with Crippen LogP contribution in [-0.2, 0) is 0 Å². The van der Waals surface area contributed by atoms with E-state index in [9.17, 15) is 0 Å². The monoisotopic (exact) mass is 279 g/mol. The van der Waals surface area contributed by atoms with Gasteiger partial charge in [0.25, 0.3) is 0 Å². The maximum Gasteiger partial charge on any atom is 0.212 e. The van der Waals surface area contributed by atoms with Crippen molar-refractivity contribution in [1.29, 1.82) is 0 Å². The van der Waals surface area contributed by atoms with E-state index in [-0.39, 0.29) is 0 Å². The van der Waals surface area contributed by atoms with Crippen LogP contribution in [-0.4, -0.2) is 16.7 Å². The molecule has 4 heteroatoms. The quantitative estimate of drug-likeness (QED) is 0.786. The number of hydrogen-bond donors (Lipinski definition) is 1. The third-order valence-corrected chi connectivity index (χ3v) is 3.28. The van der Waals surface area contributed by atoms with Crippen molar-refractivity contribution in [2.24, 2.45) is 0 Å². The van der Waals surface area contributed by atoms with Crippen molar-refractivity contribution < 1.29 is 4.74 Å². The maximum absolute atomic E-state index is 5.40. The minimum Gasteiger partial charge on any atom is -0.495 e. The third-order valence-electron chi connectivity index (χ3n) is 3.28. The Morgan fingerprint density at radius 1 is 1.10 bits per heavy atom. The van der Waals surface area contributed by atoms with Gasteiger partial charge in [0.2, 0.25) is 5.95 Å². The summed E-state index contributed by atoms with van der Waals surface area (Å²) in [6, 6.07) is 16.1. The summed E-state index contributed by atoms with van der Waals surface area (Å²) in [7, 11) is 1.67. The van der Waals surface area contributed by atoms with E-state index < -0.39 is 0 Å². The first-order valence-electron chi connectivity index (χ1n) is 6.78. The Morgan fingerprint density at radius 2 is 1.90 bits per heavy atom. The zero-order valence-electron chi connectivity index (χ0n) is 12.1. The first-order chi connectivity index (χ1) is 10.3. The molecule has 106 valence electrons. The van der Waals surface area contributed by atoms with Crippen molar-refractivity contribution in [2.45, 2.75) is 6.92 Å². The lowest BCUT2D eigenvalue weighted by atomic mass is 10.2. The Kier molecular flexibility index (Phi) is 3.60. The van der Waals surface area contributed by atoms with E-state index in [1.165, 1.54) is 0 Å². The summed E-state index contributed by atoms with van der Waals surface area (Å²) in [6.07, 6.45) is 3.71. The van der Waals surface area contributed by atoms with Gasteiger partial charge in [0, 0.05) is 18.1 Å². The lowest BCUT2D eigenvalue weighted by molar-refractivity contribution is 0.416. The smallest absolute Gasteiger partial charge is 0.212 e. The third kappa shape index (κ3) is 2.74. The zero-order chi connectivity index (χ0) is 14.7. The van der Waals surface area contributed by atoms with Gasteiger partial charge in [0.05, 0.1) is 12.8 Å². The van der Waals surface area contributed by atoms with Crippen LogP contribution in [0.3, 0.4) is 0 Å². The van der Waals surface area contributed by atoms with Gasteiger partial charge in [-0.05, 0) is 36.8 Å². The molecule has 21 heavy (non-hydrogen) atoms. The molecule has 1 aromatic heterocycles. The summed E-state index contributed by atoms with van der Waals surface area (Å²) in [5.74, 6) is 1.55. The highest BCUT2D eigenvalue weighted by molar-refractivity contribution is 5.64. The fourth-order valence-corrected chi connectivity index (χ4v) is 2.23. The average molecular weight is 279 g/mol. The fourth-order valence-electron chi connectivity index (χ4n) is 2.23. The van der Waals surface area contributed by atoms with Gasteiger partial charge in [-0.15, -0.1) is 0 Å². The number of nitrogens with zero attached hydrogens (tertiary/aromatic N) is 2. The van der Waals surface area contributed by atoms with Crippen molar-refractivity contribution in [3.63, 3.8) is 0 Å². The van der Waals surface area contributed by atoms with Crippen LogP contribution in [0.15, 0.2) is 60.9 Å². The van der Waals surface area contributed by atoms with Crippen molar-refractivity contribution in [1.82, 2.24) is 9.55 Å². The van der Waals surface area contributed by atoms with Crippen LogP contribution in [0.4, 0.5) is 11.6 Å². The number of benzene rings is 2. The van der Waals surface area contributed by atoms with Gasteiger partial charge in [0.1, 0.15) is 5.75 Å². The molecule has 2 aromatic carbocycles. The first-order valence-corrected chi connectivity index (χ1v) is 6.78. The van der Waals surface area contributed by atoms with E-state index in [1.807, 2.05) is 66.2 Å². The number of methoxy groups -OCH3 is 1. The highest BCUT2D eigenvalue weighted by atomic mass is 16.5. The van der Waals surface area contributed by atoms with Crippen molar-refractivity contribution in [3.8, 4) is 11.4 Å². The van der Waals surface area contributed by atoms with Crippen LogP contribution in [0.1, 0.15) is 5.56 Å². The van der Waals surface area contributed by atoms with Crippen molar-refractivity contribution in [2.75, 3.05) is 12.4 Å². The number of aryl methyl sites for hydroxylation is 1. The van der Waals surface area contributed by atoms with Gasteiger partial charge in [-0.3, -0.25) is 4.57 Å². The summed E-state index contributed by atoms with van der Waals surface area (Å²) in [6.45, 7) is 2.05. The SMILES string of the molecule is COc1ccc(C)cc1Nc1nccn1-c1ccccc1. The number of anilines is 2. The molecule has 3 aromatic rings. The highest BCUT2D eigenvalue weighted by Gasteiger charge is 2.08. The lowest BCUT2D eigenvalue weighted by Crippen LogP contribution is -2.02. The summed E-state index contributed by atoms with van der Waals surface area (Å²) < 4.78 is 7.40. The molecule has 0 radical (unpaired) electrons. The highest BCUT2D eigenvalue weighted by Crippen LogP contribution is 2.28. The predicted molar refractivity (Wildman–Crippen MR) is 84.6 cm³/mol. The fraction of sp³-hybridized carbons (Fsp3) is 0.118. The molecule has 0 saturated carbocycles. The molecule has 0 aliphatic carbocycles. The Hall–Kier alpha value is -2.75. The Morgan fingerprint density at radius 3 is 2.67 bits per heavy atom. The van der Waals surface area contributed by atoms with Crippen LogP contribution in [0.5, 0.6) is 5.75 Å². The van der Waals surface area contributed by atoms with Gasteiger partial charge in [-0.25, -0.2) is 4.98 Å². The lowest BCUT2D eigenvalue weighted by Gasteiger charge is -2.13. The molecule has 1 N–H and O–H groups in total. The number of nitrogens with one attached hydrogen (secondary N) is 1. The molecule has 0 amide bonds. The molecule has 4 nitrogen and oxygen atoms in total. The summed E-state index contributed by atoms with van der Waals surface area (Å²) in [5, 5.41) is 3.34. The molecule has 0 saturated heterocycles. The van der Waals surface area contributed by atoms with E-state index in [4.69, 9.17) is 4.74 Å². The first kappa shape index (κ1) is 13.2. The molecule has 0 fully saturated rings. The van der Waals surface area contributed by atoms with E-state index in [0.717, 1.165) is 28.6 Å². The van der Waals surface area contributed by atoms with E-state index in [0.29, 0.717) is 0 Å². The van der Waals surface area contributed by atoms with Gasteiger partial charge >= 0.3 is 0 Å². The van der Waals surface area contributed by atoms with Gasteiger partial charge in [-0.1, -0.05) is 24.3 Å². The molecule has 3 rings (SSSR count). The van der Waals surface area contributed by atoms with Gasteiger partial charge in [0.15, 0.2) is 0 Å². The molecule has 0 unspecified atom stereocenters. The predicted octanol–water partition coefficient (Wildman–Crippen LogP) is 3.93. The Bertz CT molecular complexity index is 735. The molecule has 0 aliphatic rings. The summed E-state index contributed by atoms with van der Waals surface area (Å²) in [4.78, 5) is 4.39. The second-order valence-electron chi connectivity index (χ2n) is 4.79. The second-order valence-corrected chi connectivity index (χ2v) is 4.79. The van der Waals surface area contributed by atoms with Crippen LogP contribution >= 0.6 is 0 Å². The number of ether oxygens (including phenoxy) is 1. The molecule has 0 spiro atoms. The number of hydrogen-bond acceptors (Lipinski definition) is 3. The van der Waals surface area contributed by atoms with Gasteiger partial charge in [-0.2, -0.15) is 0 Å². The van der Waals surface area contributed by atoms with Crippen molar-refractivity contribution >= 4 is 11.6 Å². The number of imidazole rings is 1. The summed E-state index contributed by atoms with van der Waals surface area (Å²) >= 11 is 0. The van der Waals surface area contributed by atoms with Crippen LogP contribution in [0.25, 0.3) is 5.69 Å². The van der Waals surface area contributed by atoms with Crippen LogP contribution < -0.4 is 10.1 Å². The van der Waals surface area contributed by atoms with Gasteiger partial charge < -0.3 is 10.1 Å². The number of para-hydroxylation sites is 1. The Labute approximate surface area is 124 Å². The van der Waals surface area contributed by atoms with Crippen LogP contribution in [0, 0.1) is 6.92 Å². The molecule has 0 bridgehead atoms. The molecule has 1 heterocycles. The summed E-state index contributed by atoms with van der Waals surface area (Å²) in [5.41, 5.74) is 3.13. The molecule has 0 atom stereocenters. The molecule has 0 aliphatic heterocycles. The topological polar surface area (TPSA) is 39.1 Å². The van der Waals surface area contributed by atoms with Crippen molar-refractivity contribution in [3.05, 3.63) is 66.5 Å². The molecular weight excluding hydrogens is 262 g/mol. The van der Waals surface area contributed by atoms with Crippen LogP contribution in [0.2, 0.25) is 0 Å². The second kappa shape index (κ2) is 5.71. The number of rotatable bonds is 4. The minimum atomic E-state index is 0.755. The number of aromatic nitrogens is 2. The average Bonchev–Trinajstić information content (AvgIpc) is 2.96. The standard InChI is InChI=1S/C17H17N3O/c1-13-8-9-16(21-2)15(12-13)19-17-18-10-11-20(17)14-6-4-3-5-7-14/h3-12H,1-2H3,(H,18,19). The Balaban J connectivity index is 1.97. The van der Waals surface area contributed by atoms with E-state index >= 15 is 0 Å². The minimum absolute atomic E-state index is 0.755. The zero-order valence-corrected chi connectivity index (χ0v) is 12.1. The van der Waals surface area contributed by atoms with E-state index in [1.54, 1.807) is 13.3 Å². The maximum atomic E-state index is 5.40. The normalized spacial score (nSPS) is 10.4. The van der Waals surface area contributed by atoms with E-state index in [2.05, 4.69) is 10.3 Å². The molecular formula is C17H17N3O. The largest absolute Gasteiger partial charge is 0.495 e.